The van der Waals surface area contributed by atoms with Gasteiger partial charge in [0.05, 0.1) is 23.7 Å². The molecule has 0 atom stereocenters. The van der Waals surface area contributed by atoms with E-state index in [0.717, 1.165) is 4.57 Å². The average molecular weight is 284 g/mol. The maximum atomic E-state index is 12.5. The molecule has 0 saturated heterocycles. The predicted octanol–water partition coefficient (Wildman–Crippen LogP) is 1.39. The van der Waals surface area contributed by atoms with Crippen LogP contribution in [0.5, 0.6) is 11.5 Å². The molecule has 21 heavy (non-hydrogen) atoms. The van der Waals surface area contributed by atoms with Crippen LogP contribution in [-0.4, -0.2) is 21.8 Å². The molecule has 2 aromatic carbocycles. The normalized spacial score (nSPS) is 10.7. The van der Waals surface area contributed by atoms with Gasteiger partial charge in [-0.3, -0.25) is 4.79 Å². The van der Waals surface area contributed by atoms with Gasteiger partial charge in [-0.1, -0.05) is 0 Å². The molecule has 3 aromatic rings. The molecule has 0 radical (unpaired) electrons. The van der Waals surface area contributed by atoms with Crippen LogP contribution in [0.2, 0.25) is 0 Å². The first-order valence-electron chi connectivity index (χ1n) is 6.22. The molecule has 0 spiro atoms. The number of fused-ring (bicyclic) bond motifs is 1. The number of phenolic OH excluding ortho intramolecular Hbond substituents is 1. The van der Waals surface area contributed by atoms with Gasteiger partial charge in [0.1, 0.15) is 11.5 Å². The highest BCUT2D eigenvalue weighted by Crippen LogP contribution is 2.16. The van der Waals surface area contributed by atoms with Crippen molar-refractivity contribution in [1.29, 1.82) is 0 Å². The molecule has 1 heterocycles. The number of phenols is 1. The zero-order valence-corrected chi connectivity index (χ0v) is 11.2. The molecule has 0 amide bonds. The summed E-state index contributed by atoms with van der Waals surface area (Å²) in [6.45, 7) is 0. The van der Waals surface area contributed by atoms with Gasteiger partial charge in [-0.15, -0.1) is 0 Å². The Morgan fingerprint density at radius 3 is 2.48 bits per heavy atom. The number of rotatable bonds is 2. The largest absolute Gasteiger partial charge is 0.508 e. The Balaban J connectivity index is 2.32. The van der Waals surface area contributed by atoms with E-state index < -0.39 is 11.2 Å². The van der Waals surface area contributed by atoms with Gasteiger partial charge in [0.2, 0.25) is 0 Å². The summed E-state index contributed by atoms with van der Waals surface area (Å²) in [5, 5.41) is 9.66. The van der Waals surface area contributed by atoms with E-state index >= 15 is 0 Å². The first-order chi connectivity index (χ1) is 10.1. The third-order valence-corrected chi connectivity index (χ3v) is 3.21. The number of aromatic amines is 1. The lowest BCUT2D eigenvalue weighted by molar-refractivity contribution is 0.415. The van der Waals surface area contributed by atoms with Gasteiger partial charge in [-0.05, 0) is 36.4 Å². The lowest BCUT2D eigenvalue weighted by atomic mass is 10.2. The molecule has 6 heteroatoms. The molecule has 1 aromatic heterocycles. The number of H-pyrrole nitrogens is 1. The van der Waals surface area contributed by atoms with Gasteiger partial charge in [-0.25, -0.2) is 9.36 Å². The Hall–Kier alpha value is -3.02. The molecular weight excluding hydrogens is 272 g/mol. The van der Waals surface area contributed by atoms with E-state index in [1.165, 1.54) is 31.4 Å². The molecule has 0 bridgehead atoms. The van der Waals surface area contributed by atoms with Crippen LogP contribution in [0.3, 0.4) is 0 Å². The molecule has 0 aliphatic carbocycles. The van der Waals surface area contributed by atoms with Crippen LogP contribution in [0.4, 0.5) is 0 Å². The summed E-state index contributed by atoms with van der Waals surface area (Å²) in [6.07, 6.45) is 0. The summed E-state index contributed by atoms with van der Waals surface area (Å²) < 4.78 is 6.09. The Bertz CT molecular complexity index is 923. The van der Waals surface area contributed by atoms with Crippen LogP contribution in [0.1, 0.15) is 0 Å². The maximum absolute atomic E-state index is 12.5. The minimum atomic E-state index is -0.550. The molecule has 0 saturated carbocycles. The minimum absolute atomic E-state index is 0.0637. The minimum Gasteiger partial charge on any atom is -0.508 e. The SMILES string of the molecule is COc1ccc2c(=O)n(-c3ccc(O)cc3)c(=O)[nH]c2c1. The smallest absolute Gasteiger partial charge is 0.333 e. The van der Waals surface area contributed by atoms with Gasteiger partial charge in [0.15, 0.2) is 0 Å². The first kappa shape index (κ1) is 13.0. The summed E-state index contributed by atoms with van der Waals surface area (Å²) in [5.74, 6) is 0.619. The van der Waals surface area contributed by atoms with Crippen LogP contribution in [0, 0.1) is 0 Å². The number of nitrogens with one attached hydrogen (secondary N) is 1. The highest BCUT2D eigenvalue weighted by molar-refractivity contribution is 5.79. The molecule has 3 rings (SSSR count). The third-order valence-electron chi connectivity index (χ3n) is 3.21. The van der Waals surface area contributed by atoms with Crippen LogP contribution in [-0.2, 0) is 0 Å². The number of nitrogens with zero attached hydrogens (tertiary/aromatic N) is 1. The fraction of sp³-hybridized carbons (Fsp3) is 0.0667. The average Bonchev–Trinajstić information content (AvgIpc) is 2.48. The fourth-order valence-corrected chi connectivity index (χ4v) is 2.16. The Labute approximate surface area is 118 Å². The molecule has 0 aliphatic heterocycles. The van der Waals surface area contributed by atoms with E-state index in [2.05, 4.69) is 4.98 Å². The van der Waals surface area contributed by atoms with E-state index in [0.29, 0.717) is 22.3 Å². The third kappa shape index (κ3) is 2.16. The zero-order chi connectivity index (χ0) is 15.0. The molecule has 0 aliphatic rings. The van der Waals surface area contributed by atoms with Gasteiger partial charge in [0, 0.05) is 6.07 Å². The van der Waals surface area contributed by atoms with Crippen molar-refractivity contribution >= 4 is 10.9 Å². The van der Waals surface area contributed by atoms with Crippen molar-refractivity contribution in [3.63, 3.8) is 0 Å². The number of aromatic hydroxyl groups is 1. The van der Waals surface area contributed by atoms with Crippen molar-refractivity contribution in [3.8, 4) is 17.2 Å². The fourth-order valence-electron chi connectivity index (χ4n) is 2.16. The van der Waals surface area contributed by atoms with Gasteiger partial charge in [-0.2, -0.15) is 0 Å². The van der Waals surface area contributed by atoms with E-state index in [1.54, 1.807) is 18.2 Å². The Morgan fingerprint density at radius 2 is 1.81 bits per heavy atom. The summed E-state index contributed by atoms with van der Waals surface area (Å²) in [7, 11) is 1.51. The first-order valence-corrected chi connectivity index (χ1v) is 6.22. The van der Waals surface area contributed by atoms with Crippen molar-refractivity contribution in [3.05, 3.63) is 63.3 Å². The molecule has 0 fully saturated rings. The number of benzene rings is 2. The van der Waals surface area contributed by atoms with E-state index in [9.17, 15) is 14.7 Å². The van der Waals surface area contributed by atoms with Crippen molar-refractivity contribution in [2.24, 2.45) is 0 Å². The molecular formula is C15H12N2O4. The number of hydrogen-bond donors (Lipinski definition) is 2. The van der Waals surface area contributed by atoms with Crippen LogP contribution < -0.4 is 16.0 Å². The summed E-state index contributed by atoms with van der Waals surface area (Å²) in [6, 6.07) is 10.7. The van der Waals surface area contributed by atoms with Crippen molar-refractivity contribution in [2.45, 2.75) is 0 Å². The second-order valence-corrected chi connectivity index (χ2v) is 4.50. The number of hydrogen-bond acceptors (Lipinski definition) is 4. The molecule has 0 unspecified atom stereocenters. The number of methoxy groups -OCH3 is 1. The summed E-state index contributed by atoms with van der Waals surface area (Å²) in [5.41, 5.74) is -0.176. The van der Waals surface area contributed by atoms with Crippen molar-refractivity contribution in [1.82, 2.24) is 9.55 Å². The van der Waals surface area contributed by atoms with Crippen LogP contribution >= 0.6 is 0 Å². The van der Waals surface area contributed by atoms with Gasteiger partial charge >= 0.3 is 5.69 Å². The standard InChI is InChI=1S/C15H12N2O4/c1-21-11-6-7-12-13(8-11)16-15(20)17(14(12)19)9-2-4-10(18)5-3-9/h2-8,18H,1H3,(H,16,20). The second-order valence-electron chi connectivity index (χ2n) is 4.50. The Morgan fingerprint density at radius 1 is 1.10 bits per heavy atom. The monoisotopic (exact) mass is 284 g/mol. The van der Waals surface area contributed by atoms with Crippen LogP contribution in [0.15, 0.2) is 52.1 Å². The van der Waals surface area contributed by atoms with E-state index in [-0.39, 0.29) is 5.75 Å². The maximum Gasteiger partial charge on any atom is 0.333 e. The molecule has 2 N–H and O–H groups in total. The second kappa shape index (κ2) is 4.82. The van der Waals surface area contributed by atoms with E-state index in [1.807, 2.05) is 0 Å². The van der Waals surface area contributed by atoms with Gasteiger partial charge < -0.3 is 14.8 Å². The topological polar surface area (TPSA) is 84.3 Å². The lowest BCUT2D eigenvalue weighted by Crippen LogP contribution is -2.33. The number of aromatic nitrogens is 2. The highest BCUT2D eigenvalue weighted by Gasteiger charge is 2.10. The zero-order valence-electron chi connectivity index (χ0n) is 11.2. The summed E-state index contributed by atoms with van der Waals surface area (Å²) in [4.78, 5) is 27.3. The van der Waals surface area contributed by atoms with Crippen molar-refractivity contribution < 1.29 is 9.84 Å². The summed E-state index contributed by atoms with van der Waals surface area (Å²) >= 11 is 0. The molecule has 6 nitrogen and oxygen atoms in total. The quantitative estimate of drug-likeness (QED) is 0.745. The molecule has 106 valence electrons. The van der Waals surface area contributed by atoms with Crippen LogP contribution in [0.25, 0.3) is 16.6 Å². The highest BCUT2D eigenvalue weighted by atomic mass is 16.5. The van der Waals surface area contributed by atoms with Gasteiger partial charge in [0.25, 0.3) is 5.56 Å². The predicted molar refractivity (Wildman–Crippen MR) is 78.4 cm³/mol. The lowest BCUT2D eigenvalue weighted by Gasteiger charge is -2.07. The Kier molecular flexibility index (Phi) is 2.98. The number of ether oxygens (including phenoxy) is 1. The van der Waals surface area contributed by atoms with E-state index in [4.69, 9.17) is 4.74 Å². The van der Waals surface area contributed by atoms with Crippen molar-refractivity contribution in [2.75, 3.05) is 7.11 Å².